The molecule has 2 heterocycles. The van der Waals surface area contributed by atoms with E-state index in [1.807, 2.05) is 12.3 Å². The number of anilines is 3. The van der Waals surface area contributed by atoms with Gasteiger partial charge in [0, 0.05) is 17.9 Å². The standard InChI is InChI=1S/C19H25N5/c1-19(8-9-19)14-3-2-4-16(13-14)23-18-21-12-7-17(24-18)22-15-5-10-20-11-6-15/h2-4,7,12-13,15,20H,5-6,8-11H2,1H3,(H2,21,22,23,24). The van der Waals surface area contributed by atoms with Crippen LogP contribution in [-0.4, -0.2) is 29.1 Å². The Kier molecular flexibility index (Phi) is 4.10. The number of piperidine rings is 1. The highest BCUT2D eigenvalue weighted by Crippen LogP contribution is 2.48. The highest BCUT2D eigenvalue weighted by Gasteiger charge is 2.38. The van der Waals surface area contributed by atoms with E-state index < -0.39 is 0 Å². The monoisotopic (exact) mass is 323 g/mol. The fourth-order valence-electron chi connectivity index (χ4n) is 3.25. The smallest absolute Gasteiger partial charge is 0.229 e. The Morgan fingerprint density at radius 1 is 1.17 bits per heavy atom. The molecule has 2 aromatic rings. The summed E-state index contributed by atoms with van der Waals surface area (Å²) >= 11 is 0. The molecule has 0 radical (unpaired) electrons. The minimum absolute atomic E-state index is 0.372. The molecule has 2 fully saturated rings. The molecule has 4 rings (SSSR count). The quantitative estimate of drug-likeness (QED) is 0.787. The van der Waals surface area contributed by atoms with Gasteiger partial charge in [0.15, 0.2) is 0 Å². The maximum Gasteiger partial charge on any atom is 0.229 e. The van der Waals surface area contributed by atoms with Crippen molar-refractivity contribution in [3.63, 3.8) is 0 Å². The van der Waals surface area contributed by atoms with Gasteiger partial charge >= 0.3 is 0 Å². The van der Waals surface area contributed by atoms with E-state index >= 15 is 0 Å². The summed E-state index contributed by atoms with van der Waals surface area (Å²) in [6, 6.07) is 11.1. The van der Waals surface area contributed by atoms with Crippen molar-refractivity contribution >= 4 is 17.5 Å². The van der Waals surface area contributed by atoms with Gasteiger partial charge in [0.05, 0.1) is 0 Å². The van der Waals surface area contributed by atoms with Crippen molar-refractivity contribution in [3.8, 4) is 0 Å². The Labute approximate surface area is 143 Å². The molecule has 5 nitrogen and oxygen atoms in total. The third-order valence-electron chi connectivity index (χ3n) is 5.16. The molecule has 5 heteroatoms. The van der Waals surface area contributed by atoms with Crippen molar-refractivity contribution in [1.29, 1.82) is 0 Å². The largest absolute Gasteiger partial charge is 0.367 e. The van der Waals surface area contributed by atoms with Crippen molar-refractivity contribution in [3.05, 3.63) is 42.1 Å². The zero-order valence-corrected chi connectivity index (χ0v) is 14.2. The Balaban J connectivity index is 1.45. The van der Waals surface area contributed by atoms with Gasteiger partial charge in [0.2, 0.25) is 5.95 Å². The average Bonchev–Trinajstić information content (AvgIpc) is 3.35. The molecule has 0 bridgehead atoms. The van der Waals surface area contributed by atoms with Crippen LogP contribution in [0.25, 0.3) is 0 Å². The lowest BCUT2D eigenvalue weighted by Crippen LogP contribution is -2.35. The van der Waals surface area contributed by atoms with Crippen molar-refractivity contribution in [2.24, 2.45) is 0 Å². The number of benzene rings is 1. The first-order chi connectivity index (χ1) is 11.7. The molecule has 0 spiro atoms. The van der Waals surface area contributed by atoms with E-state index in [0.717, 1.165) is 37.4 Å². The SMILES string of the molecule is CC1(c2cccc(Nc3nccc(NC4CCNCC4)n3)c2)CC1. The second-order valence-corrected chi connectivity index (χ2v) is 7.20. The summed E-state index contributed by atoms with van der Waals surface area (Å²) in [6.45, 7) is 4.46. The van der Waals surface area contributed by atoms with Crippen molar-refractivity contribution in [1.82, 2.24) is 15.3 Å². The van der Waals surface area contributed by atoms with E-state index in [0.29, 0.717) is 17.4 Å². The van der Waals surface area contributed by atoms with Crippen LogP contribution in [0.15, 0.2) is 36.5 Å². The predicted octanol–water partition coefficient (Wildman–Crippen LogP) is 3.44. The van der Waals surface area contributed by atoms with Crippen molar-refractivity contribution < 1.29 is 0 Å². The van der Waals surface area contributed by atoms with Gasteiger partial charge in [-0.15, -0.1) is 0 Å². The van der Waals surface area contributed by atoms with Gasteiger partial charge in [-0.3, -0.25) is 0 Å². The van der Waals surface area contributed by atoms with Crippen molar-refractivity contribution in [2.45, 2.75) is 44.1 Å². The number of hydrogen-bond donors (Lipinski definition) is 3. The fourth-order valence-corrected chi connectivity index (χ4v) is 3.25. The van der Waals surface area contributed by atoms with Crippen LogP contribution in [0.2, 0.25) is 0 Å². The number of nitrogens with one attached hydrogen (secondary N) is 3. The molecule has 1 aromatic heterocycles. The summed E-state index contributed by atoms with van der Waals surface area (Å²) in [4.78, 5) is 8.98. The summed E-state index contributed by atoms with van der Waals surface area (Å²) in [5.41, 5.74) is 2.83. The molecule has 1 aliphatic carbocycles. The van der Waals surface area contributed by atoms with E-state index in [-0.39, 0.29) is 0 Å². The molecule has 1 aliphatic heterocycles. The van der Waals surface area contributed by atoms with E-state index in [1.165, 1.54) is 18.4 Å². The van der Waals surface area contributed by atoms with E-state index in [2.05, 4.69) is 57.1 Å². The molecule has 3 N–H and O–H groups in total. The van der Waals surface area contributed by atoms with Crippen LogP contribution >= 0.6 is 0 Å². The zero-order chi connectivity index (χ0) is 16.4. The summed E-state index contributed by atoms with van der Waals surface area (Å²) in [5, 5.41) is 10.3. The van der Waals surface area contributed by atoms with Crippen LogP contribution in [0.3, 0.4) is 0 Å². The Bertz CT molecular complexity index is 704. The van der Waals surface area contributed by atoms with Gasteiger partial charge in [-0.05, 0) is 68.0 Å². The molecule has 0 atom stereocenters. The van der Waals surface area contributed by atoms with Gasteiger partial charge in [-0.25, -0.2) is 4.98 Å². The molecule has 1 aromatic carbocycles. The lowest BCUT2D eigenvalue weighted by Gasteiger charge is -2.24. The van der Waals surface area contributed by atoms with Crippen LogP contribution in [-0.2, 0) is 5.41 Å². The summed E-state index contributed by atoms with van der Waals surface area (Å²) in [7, 11) is 0. The number of hydrogen-bond acceptors (Lipinski definition) is 5. The first-order valence-corrected chi connectivity index (χ1v) is 8.89. The average molecular weight is 323 g/mol. The zero-order valence-electron chi connectivity index (χ0n) is 14.2. The molecule has 126 valence electrons. The topological polar surface area (TPSA) is 61.9 Å². The second-order valence-electron chi connectivity index (χ2n) is 7.20. The molecule has 2 aliphatic rings. The normalized spacial score (nSPS) is 19.7. The first-order valence-electron chi connectivity index (χ1n) is 8.89. The van der Waals surface area contributed by atoms with Gasteiger partial charge < -0.3 is 16.0 Å². The predicted molar refractivity (Wildman–Crippen MR) is 97.9 cm³/mol. The molecule has 0 amide bonds. The van der Waals surface area contributed by atoms with Gasteiger partial charge in [0.25, 0.3) is 0 Å². The Hall–Kier alpha value is -2.14. The minimum Gasteiger partial charge on any atom is -0.367 e. The van der Waals surface area contributed by atoms with Crippen LogP contribution in [0.1, 0.15) is 38.2 Å². The number of rotatable bonds is 5. The third kappa shape index (κ3) is 3.51. The Morgan fingerprint density at radius 2 is 2.00 bits per heavy atom. The first kappa shape index (κ1) is 15.4. The van der Waals surface area contributed by atoms with Crippen molar-refractivity contribution in [2.75, 3.05) is 23.7 Å². The fraction of sp³-hybridized carbons (Fsp3) is 0.474. The van der Waals surface area contributed by atoms with E-state index in [4.69, 9.17) is 0 Å². The highest BCUT2D eigenvalue weighted by molar-refractivity contribution is 5.57. The Morgan fingerprint density at radius 3 is 2.79 bits per heavy atom. The van der Waals surface area contributed by atoms with E-state index in [9.17, 15) is 0 Å². The molecular formula is C19H25N5. The number of aromatic nitrogens is 2. The van der Waals surface area contributed by atoms with E-state index in [1.54, 1.807) is 0 Å². The van der Waals surface area contributed by atoms with Crippen LogP contribution in [0.4, 0.5) is 17.5 Å². The molecule has 1 saturated heterocycles. The highest BCUT2D eigenvalue weighted by atomic mass is 15.1. The van der Waals surface area contributed by atoms with Gasteiger partial charge in [-0.2, -0.15) is 4.98 Å². The van der Waals surface area contributed by atoms with Gasteiger partial charge in [-0.1, -0.05) is 19.1 Å². The van der Waals surface area contributed by atoms with Crippen LogP contribution in [0.5, 0.6) is 0 Å². The summed E-state index contributed by atoms with van der Waals surface area (Å²) in [6.07, 6.45) is 6.64. The number of nitrogens with zero attached hydrogens (tertiary/aromatic N) is 2. The lowest BCUT2D eigenvalue weighted by atomic mass is 9.98. The second kappa shape index (κ2) is 6.40. The molecule has 0 unspecified atom stereocenters. The summed E-state index contributed by atoms with van der Waals surface area (Å²) < 4.78 is 0. The maximum atomic E-state index is 4.62. The molecule has 1 saturated carbocycles. The summed E-state index contributed by atoms with van der Waals surface area (Å²) in [5.74, 6) is 1.54. The van der Waals surface area contributed by atoms with Crippen LogP contribution in [0, 0.1) is 0 Å². The molecule has 24 heavy (non-hydrogen) atoms. The van der Waals surface area contributed by atoms with Gasteiger partial charge in [0.1, 0.15) is 5.82 Å². The minimum atomic E-state index is 0.372. The third-order valence-corrected chi connectivity index (χ3v) is 5.16. The molecular weight excluding hydrogens is 298 g/mol. The van der Waals surface area contributed by atoms with Crippen LogP contribution < -0.4 is 16.0 Å². The lowest BCUT2D eigenvalue weighted by molar-refractivity contribution is 0.478. The maximum absolute atomic E-state index is 4.62.